The van der Waals surface area contributed by atoms with Crippen LogP contribution in [0, 0.1) is 0 Å². The molecule has 4 aromatic rings. The fraction of sp³-hybridized carbons (Fsp3) is 0.333. The molecule has 0 radical (unpaired) electrons. The molecule has 1 aliphatic rings. The Labute approximate surface area is 204 Å². The summed E-state index contributed by atoms with van der Waals surface area (Å²) in [7, 11) is 2.13. The first-order valence-corrected chi connectivity index (χ1v) is 11.9. The van der Waals surface area contributed by atoms with Crippen LogP contribution in [0.2, 0.25) is 0 Å². The van der Waals surface area contributed by atoms with Gasteiger partial charge in [0, 0.05) is 36.1 Å². The van der Waals surface area contributed by atoms with Crippen molar-refractivity contribution in [2.45, 2.75) is 45.7 Å². The lowest BCUT2D eigenvalue weighted by Crippen LogP contribution is -2.26. The van der Waals surface area contributed by atoms with E-state index in [0.717, 1.165) is 30.9 Å². The van der Waals surface area contributed by atoms with E-state index in [9.17, 15) is 4.79 Å². The van der Waals surface area contributed by atoms with E-state index in [-0.39, 0.29) is 11.0 Å². The zero-order valence-electron chi connectivity index (χ0n) is 20.7. The lowest BCUT2D eigenvalue weighted by atomic mass is 9.92. The fourth-order valence-corrected chi connectivity index (χ4v) is 4.47. The lowest BCUT2D eigenvalue weighted by Gasteiger charge is -2.25. The highest BCUT2D eigenvalue weighted by molar-refractivity contribution is 5.77. The highest BCUT2D eigenvalue weighted by atomic mass is 16.1. The molecule has 0 amide bonds. The van der Waals surface area contributed by atoms with Gasteiger partial charge in [-0.15, -0.1) is 6.58 Å². The molecular formula is C27H31N7O. The number of pyridine rings is 1. The Morgan fingerprint density at radius 3 is 2.74 bits per heavy atom. The van der Waals surface area contributed by atoms with E-state index in [0.29, 0.717) is 29.3 Å². The molecule has 0 saturated heterocycles. The number of aromatic nitrogens is 5. The van der Waals surface area contributed by atoms with Gasteiger partial charge in [-0.3, -0.25) is 4.79 Å². The molecule has 0 aliphatic carbocycles. The summed E-state index contributed by atoms with van der Waals surface area (Å²) in [6.45, 7) is 12.5. The van der Waals surface area contributed by atoms with Gasteiger partial charge in [0.1, 0.15) is 5.39 Å². The van der Waals surface area contributed by atoms with Crippen molar-refractivity contribution < 1.29 is 0 Å². The largest absolute Gasteiger partial charge is 0.324 e. The summed E-state index contributed by atoms with van der Waals surface area (Å²) in [6.07, 6.45) is 4.34. The maximum absolute atomic E-state index is 13.2. The van der Waals surface area contributed by atoms with Crippen molar-refractivity contribution in [1.82, 2.24) is 29.2 Å². The second kappa shape index (κ2) is 8.78. The first-order valence-electron chi connectivity index (χ1n) is 11.9. The van der Waals surface area contributed by atoms with Gasteiger partial charge in [-0.1, -0.05) is 39.0 Å². The fourth-order valence-electron chi connectivity index (χ4n) is 4.47. The average Bonchev–Trinajstić information content (AvgIpc) is 3.09. The number of fused-ring (bicyclic) bond motifs is 2. The number of nitrogens with zero attached hydrogens (tertiary/aromatic N) is 6. The Morgan fingerprint density at radius 2 is 1.97 bits per heavy atom. The summed E-state index contributed by atoms with van der Waals surface area (Å²) >= 11 is 0. The number of likely N-dealkylation sites (N-methyl/N-ethyl adjacent to an activating group) is 1. The molecule has 35 heavy (non-hydrogen) atoms. The van der Waals surface area contributed by atoms with E-state index in [1.165, 1.54) is 11.1 Å². The maximum atomic E-state index is 13.2. The van der Waals surface area contributed by atoms with Crippen LogP contribution in [0.25, 0.3) is 16.9 Å². The van der Waals surface area contributed by atoms with E-state index in [1.54, 1.807) is 21.6 Å². The van der Waals surface area contributed by atoms with Gasteiger partial charge in [-0.05, 0) is 48.9 Å². The van der Waals surface area contributed by atoms with Crippen LogP contribution < -0.4 is 10.9 Å². The normalized spacial score (nSPS) is 14.2. The molecule has 8 nitrogen and oxygen atoms in total. The Morgan fingerprint density at radius 1 is 1.14 bits per heavy atom. The quantitative estimate of drug-likeness (QED) is 0.442. The molecule has 0 atom stereocenters. The van der Waals surface area contributed by atoms with E-state index >= 15 is 0 Å². The van der Waals surface area contributed by atoms with Crippen LogP contribution in [-0.4, -0.2) is 42.8 Å². The number of anilines is 2. The van der Waals surface area contributed by atoms with Crippen molar-refractivity contribution in [3.63, 3.8) is 0 Å². The van der Waals surface area contributed by atoms with Gasteiger partial charge in [0.15, 0.2) is 11.5 Å². The molecule has 1 aromatic carbocycles. The van der Waals surface area contributed by atoms with Gasteiger partial charge in [0.2, 0.25) is 5.95 Å². The Hall–Kier alpha value is -3.78. The zero-order valence-corrected chi connectivity index (χ0v) is 20.7. The number of nitrogens with one attached hydrogen (secondary N) is 1. The minimum atomic E-state index is -0.175. The number of hydrogen-bond donors (Lipinski definition) is 1. The average molecular weight is 470 g/mol. The first kappa shape index (κ1) is 23.0. The molecule has 0 unspecified atom stereocenters. The predicted octanol–water partition coefficient (Wildman–Crippen LogP) is 4.19. The SMILES string of the molecule is C=CCn1c(=O)c2cnc(Nc3ccc4c(c3)CN(C)CC4)nc2n1-c1cccc(C(C)(C)C)n1. The highest BCUT2D eigenvalue weighted by Crippen LogP contribution is 2.25. The summed E-state index contributed by atoms with van der Waals surface area (Å²) in [4.78, 5) is 29.6. The van der Waals surface area contributed by atoms with Crippen molar-refractivity contribution >= 4 is 22.7 Å². The predicted molar refractivity (Wildman–Crippen MR) is 140 cm³/mol. The molecular weight excluding hydrogens is 438 g/mol. The molecule has 3 aromatic heterocycles. The second-order valence-corrected chi connectivity index (χ2v) is 10.1. The van der Waals surface area contributed by atoms with E-state index in [4.69, 9.17) is 9.97 Å². The van der Waals surface area contributed by atoms with Crippen LogP contribution in [0.4, 0.5) is 11.6 Å². The Bertz CT molecular complexity index is 1480. The number of hydrogen-bond acceptors (Lipinski definition) is 6. The van der Waals surface area contributed by atoms with E-state index in [1.807, 2.05) is 18.2 Å². The van der Waals surface area contributed by atoms with Crippen LogP contribution in [0.3, 0.4) is 0 Å². The molecule has 4 heterocycles. The molecule has 0 saturated carbocycles. The number of allylic oxidation sites excluding steroid dienone is 1. The van der Waals surface area contributed by atoms with Crippen molar-refractivity contribution in [2.75, 3.05) is 18.9 Å². The van der Waals surface area contributed by atoms with Gasteiger partial charge in [-0.2, -0.15) is 4.98 Å². The standard InChI is InChI=1S/C27H31N7O/c1-6-13-33-25(35)21-16-28-26(29-20-11-10-18-12-14-32(5)17-19(18)15-20)31-24(21)34(33)23-9-7-8-22(30-23)27(2,3)4/h6-11,15-16H,1,12-14,17H2,2-5H3,(H,28,29,31). The molecule has 0 spiro atoms. The number of rotatable bonds is 5. The third-order valence-electron chi connectivity index (χ3n) is 6.36. The minimum Gasteiger partial charge on any atom is -0.324 e. The molecule has 0 bridgehead atoms. The monoisotopic (exact) mass is 469 g/mol. The molecule has 1 N–H and O–H groups in total. The second-order valence-electron chi connectivity index (χ2n) is 10.1. The minimum absolute atomic E-state index is 0.134. The highest BCUT2D eigenvalue weighted by Gasteiger charge is 2.21. The van der Waals surface area contributed by atoms with Gasteiger partial charge >= 0.3 is 0 Å². The molecule has 5 rings (SSSR count). The van der Waals surface area contributed by atoms with Gasteiger partial charge in [0.25, 0.3) is 5.56 Å². The molecule has 8 heteroatoms. The third-order valence-corrected chi connectivity index (χ3v) is 6.36. The third kappa shape index (κ3) is 4.37. The Balaban J connectivity index is 1.60. The van der Waals surface area contributed by atoms with Gasteiger partial charge < -0.3 is 10.2 Å². The summed E-state index contributed by atoms with van der Waals surface area (Å²) in [5.74, 6) is 1.06. The summed E-state index contributed by atoms with van der Waals surface area (Å²) in [5.41, 5.74) is 4.74. The van der Waals surface area contributed by atoms with Crippen molar-refractivity contribution in [3.05, 3.63) is 82.4 Å². The zero-order chi connectivity index (χ0) is 24.7. The van der Waals surface area contributed by atoms with E-state index in [2.05, 4.69) is 67.8 Å². The van der Waals surface area contributed by atoms with E-state index < -0.39 is 0 Å². The smallest absolute Gasteiger partial charge is 0.278 e. The van der Waals surface area contributed by atoms with Crippen LogP contribution >= 0.6 is 0 Å². The van der Waals surface area contributed by atoms with Gasteiger partial charge in [-0.25, -0.2) is 19.3 Å². The molecule has 0 fully saturated rings. The van der Waals surface area contributed by atoms with Crippen LogP contribution in [-0.2, 0) is 24.9 Å². The summed E-state index contributed by atoms with van der Waals surface area (Å²) in [5, 5.41) is 3.77. The molecule has 1 aliphatic heterocycles. The maximum Gasteiger partial charge on any atom is 0.278 e. The van der Waals surface area contributed by atoms with Gasteiger partial charge in [0.05, 0.1) is 6.54 Å². The molecule has 180 valence electrons. The summed E-state index contributed by atoms with van der Waals surface area (Å²) < 4.78 is 3.36. The van der Waals surface area contributed by atoms with Crippen molar-refractivity contribution in [2.24, 2.45) is 0 Å². The number of benzene rings is 1. The topological polar surface area (TPSA) is 80.9 Å². The Kier molecular flexibility index (Phi) is 5.76. The lowest BCUT2D eigenvalue weighted by molar-refractivity contribution is 0.313. The van der Waals surface area contributed by atoms with Crippen LogP contribution in [0.15, 0.2) is 60.0 Å². The van der Waals surface area contributed by atoms with Crippen LogP contribution in [0.1, 0.15) is 37.6 Å². The van der Waals surface area contributed by atoms with Crippen molar-refractivity contribution in [3.8, 4) is 5.82 Å². The van der Waals surface area contributed by atoms with Crippen LogP contribution in [0.5, 0.6) is 0 Å². The van der Waals surface area contributed by atoms with Crippen molar-refractivity contribution in [1.29, 1.82) is 0 Å². The summed E-state index contributed by atoms with van der Waals surface area (Å²) in [6, 6.07) is 12.2. The first-order chi connectivity index (χ1) is 16.7.